The minimum Gasteiger partial charge on any atom is -0.206 e. The normalized spacial score (nSPS) is 13.2. The van der Waals surface area contributed by atoms with Crippen LogP contribution in [0.3, 0.4) is 0 Å². The zero-order valence-electron chi connectivity index (χ0n) is 14.1. The first kappa shape index (κ1) is 18.5. The maximum absolute atomic E-state index is 14.3. The standard InChI is InChI=1S/C19H28FNO/c1-4-8-17(11-6-9-15(3)13-14-21-22)19-16(5-2)10-7-12-18(19)20/h7,10-12,15H,4-6,8-9,13-14H2,1-3H3/b17-11+. The van der Waals surface area contributed by atoms with Crippen molar-refractivity contribution in [3.05, 3.63) is 46.1 Å². The molecule has 0 saturated heterocycles. The third-order valence-electron chi connectivity index (χ3n) is 4.08. The predicted molar refractivity (Wildman–Crippen MR) is 92.3 cm³/mol. The molecule has 0 fully saturated rings. The zero-order chi connectivity index (χ0) is 16.4. The molecule has 1 aromatic rings. The molecule has 0 spiro atoms. The number of benzene rings is 1. The van der Waals surface area contributed by atoms with Gasteiger partial charge in [0.2, 0.25) is 0 Å². The van der Waals surface area contributed by atoms with Crippen molar-refractivity contribution in [2.24, 2.45) is 11.1 Å². The Bertz CT molecular complexity index is 496. The van der Waals surface area contributed by atoms with E-state index >= 15 is 0 Å². The molecule has 2 nitrogen and oxygen atoms in total. The first-order chi connectivity index (χ1) is 10.6. The second-order valence-corrected chi connectivity index (χ2v) is 5.93. The molecule has 22 heavy (non-hydrogen) atoms. The van der Waals surface area contributed by atoms with E-state index in [1.807, 2.05) is 6.07 Å². The second-order valence-electron chi connectivity index (χ2n) is 5.93. The van der Waals surface area contributed by atoms with Gasteiger partial charge in [0.1, 0.15) is 5.82 Å². The van der Waals surface area contributed by atoms with Crippen molar-refractivity contribution >= 4 is 5.57 Å². The van der Waals surface area contributed by atoms with Crippen molar-refractivity contribution in [3.63, 3.8) is 0 Å². The molecule has 122 valence electrons. The summed E-state index contributed by atoms with van der Waals surface area (Å²) in [6.07, 6.45) is 7.71. The van der Waals surface area contributed by atoms with Gasteiger partial charge in [0.25, 0.3) is 0 Å². The van der Waals surface area contributed by atoms with Crippen LogP contribution in [-0.2, 0) is 6.42 Å². The first-order valence-electron chi connectivity index (χ1n) is 8.39. The summed E-state index contributed by atoms with van der Waals surface area (Å²) < 4.78 is 14.3. The largest absolute Gasteiger partial charge is 0.206 e. The van der Waals surface area contributed by atoms with Crippen LogP contribution in [0.1, 0.15) is 64.0 Å². The number of allylic oxidation sites excluding steroid dienone is 2. The van der Waals surface area contributed by atoms with Gasteiger partial charge < -0.3 is 0 Å². The third kappa shape index (κ3) is 5.70. The van der Waals surface area contributed by atoms with Crippen LogP contribution in [0.2, 0.25) is 0 Å². The van der Waals surface area contributed by atoms with Crippen molar-refractivity contribution in [2.45, 2.75) is 59.3 Å². The van der Waals surface area contributed by atoms with Crippen LogP contribution in [-0.4, -0.2) is 6.54 Å². The number of hydrogen-bond donors (Lipinski definition) is 0. The van der Waals surface area contributed by atoms with Gasteiger partial charge in [-0.15, -0.1) is 0 Å². The van der Waals surface area contributed by atoms with Gasteiger partial charge in [-0.2, -0.15) is 4.91 Å². The van der Waals surface area contributed by atoms with E-state index in [1.54, 1.807) is 12.1 Å². The van der Waals surface area contributed by atoms with E-state index in [9.17, 15) is 9.30 Å². The molecule has 0 aromatic heterocycles. The van der Waals surface area contributed by atoms with Crippen LogP contribution in [0.5, 0.6) is 0 Å². The number of aryl methyl sites for hydroxylation is 1. The van der Waals surface area contributed by atoms with Crippen molar-refractivity contribution in [3.8, 4) is 0 Å². The highest BCUT2D eigenvalue weighted by Gasteiger charge is 2.12. The third-order valence-corrected chi connectivity index (χ3v) is 4.08. The monoisotopic (exact) mass is 305 g/mol. The van der Waals surface area contributed by atoms with Crippen LogP contribution < -0.4 is 0 Å². The van der Waals surface area contributed by atoms with Crippen molar-refractivity contribution in [1.29, 1.82) is 0 Å². The highest BCUT2D eigenvalue weighted by Crippen LogP contribution is 2.28. The Labute approximate surface area is 133 Å². The Morgan fingerprint density at radius 2 is 2.09 bits per heavy atom. The van der Waals surface area contributed by atoms with Gasteiger partial charge in [0.05, 0.1) is 6.54 Å². The summed E-state index contributed by atoms with van der Waals surface area (Å²) in [5, 5.41) is 2.92. The van der Waals surface area contributed by atoms with Gasteiger partial charge in [0, 0.05) is 5.56 Å². The molecule has 1 aromatic carbocycles. The molecule has 1 atom stereocenters. The number of rotatable bonds is 10. The number of nitrogens with zero attached hydrogens (tertiary/aromatic N) is 1. The second kappa shape index (κ2) is 10.3. The Morgan fingerprint density at radius 3 is 2.73 bits per heavy atom. The van der Waals surface area contributed by atoms with E-state index in [1.165, 1.54) is 0 Å². The van der Waals surface area contributed by atoms with Crippen LogP contribution in [0.25, 0.3) is 5.57 Å². The molecule has 0 amide bonds. The molecular weight excluding hydrogens is 277 g/mol. The fourth-order valence-corrected chi connectivity index (χ4v) is 2.78. The Balaban J connectivity index is 2.85. The summed E-state index contributed by atoms with van der Waals surface area (Å²) in [6.45, 7) is 6.72. The molecular formula is C19H28FNO. The molecule has 0 radical (unpaired) electrons. The number of hydrogen-bond acceptors (Lipinski definition) is 2. The lowest BCUT2D eigenvalue weighted by Gasteiger charge is -2.14. The summed E-state index contributed by atoms with van der Waals surface area (Å²) in [6, 6.07) is 5.35. The van der Waals surface area contributed by atoms with Gasteiger partial charge in [-0.05, 0) is 55.2 Å². The molecule has 0 N–H and O–H groups in total. The highest BCUT2D eigenvalue weighted by molar-refractivity contribution is 5.68. The van der Waals surface area contributed by atoms with E-state index < -0.39 is 0 Å². The summed E-state index contributed by atoms with van der Waals surface area (Å²) >= 11 is 0. The van der Waals surface area contributed by atoms with Crippen LogP contribution in [0.15, 0.2) is 29.5 Å². The fraction of sp³-hybridized carbons (Fsp3) is 0.579. The fourth-order valence-electron chi connectivity index (χ4n) is 2.78. The van der Waals surface area contributed by atoms with Crippen LogP contribution >= 0.6 is 0 Å². The molecule has 1 rings (SSSR count). The molecule has 0 aliphatic carbocycles. The number of nitroso groups, excluding NO2 is 1. The average Bonchev–Trinajstić information content (AvgIpc) is 2.52. The molecule has 0 heterocycles. The Kier molecular flexibility index (Phi) is 8.64. The summed E-state index contributed by atoms with van der Waals surface area (Å²) in [4.78, 5) is 10.2. The van der Waals surface area contributed by atoms with E-state index in [0.29, 0.717) is 12.5 Å². The van der Waals surface area contributed by atoms with E-state index in [0.717, 1.165) is 55.2 Å². The lowest BCUT2D eigenvalue weighted by molar-refractivity contribution is 0.504. The van der Waals surface area contributed by atoms with E-state index in [4.69, 9.17) is 0 Å². The molecule has 3 heteroatoms. The molecule has 1 unspecified atom stereocenters. The quantitative estimate of drug-likeness (QED) is 0.477. The molecule has 0 bridgehead atoms. The lowest BCUT2D eigenvalue weighted by Crippen LogP contribution is -1.99. The predicted octanol–water partition coefficient (Wildman–Crippen LogP) is 6.14. The summed E-state index contributed by atoms with van der Waals surface area (Å²) in [7, 11) is 0. The lowest BCUT2D eigenvalue weighted by atomic mass is 9.92. The minimum absolute atomic E-state index is 0.114. The average molecular weight is 305 g/mol. The Hall–Kier alpha value is -1.51. The van der Waals surface area contributed by atoms with E-state index in [-0.39, 0.29) is 5.82 Å². The summed E-state index contributed by atoms with van der Waals surface area (Å²) in [5.41, 5.74) is 3.00. The maximum Gasteiger partial charge on any atom is 0.130 e. The van der Waals surface area contributed by atoms with E-state index in [2.05, 4.69) is 32.0 Å². The molecule has 0 aliphatic rings. The molecule has 0 aliphatic heterocycles. The van der Waals surface area contributed by atoms with Gasteiger partial charge in [-0.3, -0.25) is 0 Å². The SMILES string of the molecule is CCC/C(=C\CCC(C)CCN=O)c1c(F)cccc1CC. The topological polar surface area (TPSA) is 29.4 Å². The Morgan fingerprint density at radius 1 is 1.32 bits per heavy atom. The van der Waals surface area contributed by atoms with Gasteiger partial charge >= 0.3 is 0 Å². The van der Waals surface area contributed by atoms with Crippen LogP contribution in [0, 0.1) is 16.6 Å². The van der Waals surface area contributed by atoms with Crippen LogP contribution in [0.4, 0.5) is 4.39 Å². The van der Waals surface area contributed by atoms with Gasteiger partial charge in [-0.25, -0.2) is 4.39 Å². The van der Waals surface area contributed by atoms with Gasteiger partial charge in [0.15, 0.2) is 0 Å². The summed E-state index contributed by atoms with van der Waals surface area (Å²) in [5.74, 6) is 0.361. The number of halogens is 1. The first-order valence-corrected chi connectivity index (χ1v) is 8.39. The van der Waals surface area contributed by atoms with Crippen molar-refractivity contribution < 1.29 is 4.39 Å². The van der Waals surface area contributed by atoms with Crippen molar-refractivity contribution in [2.75, 3.05) is 6.54 Å². The maximum atomic E-state index is 14.3. The van der Waals surface area contributed by atoms with Gasteiger partial charge in [-0.1, -0.05) is 50.6 Å². The smallest absolute Gasteiger partial charge is 0.130 e. The van der Waals surface area contributed by atoms with Crippen molar-refractivity contribution in [1.82, 2.24) is 0 Å². The minimum atomic E-state index is -0.114. The zero-order valence-corrected chi connectivity index (χ0v) is 14.1. The highest BCUT2D eigenvalue weighted by atomic mass is 19.1. The molecule has 0 saturated carbocycles.